The summed E-state index contributed by atoms with van der Waals surface area (Å²) in [4.78, 5) is -0.589. The lowest BCUT2D eigenvalue weighted by molar-refractivity contribution is 0.361. The third kappa shape index (κ3) is 2.62. The molecule has 0 nitrogen and oxygen atoms in total. The van der Waals surface area contributed by atoms with Crippen LogP contribution in [0.3, 0.4) is 0 Å². The van der Waals surface area contributed by atoms with Gasteiger partial charge in [0.05, 0.1) is 4.90 Å². The number of halogens is 6. The molecule has 2 rings (SSSR count). The van der Waals surface area contributed by atoms with E-state index in [0.717, 1.165) is 0 Å². The summed E-state index contributed by atoms with van der Waals surface area (Å²) >= 11 is 3.59. The highest BCUT2D eigenvalue weighted by Gasteiger charge is 2.26. The van der Waals surface area contributed by atoms with Crippen molar-refractivity contribution >= 4 is 27.7 Å². The van der Waals surface area contributed by atoms with E-state index in [1.165, 1.54) is 6.07 Å². The standard InChI is InChI=1S/C12H4BrF5S/c13-5-3-1-2-4-6(5)19-12-10(17)8(15)7(14)9(16)11(12)18/h1-4H. The molecule has 2 aromatic rings. The van der Waals surface area contributed by atoms with Gasteiger partial charge in [-0.25, -0.2) is 22.0 Å². The van der Waals surface area contributed by atoms with Crippen molar-refractivity contribution in [2.45, 2.75) is 9.79 Å². The predicted octanol–water partition coefficient (Wildman–Crippen LogP) is 5.30. The molecule has 19 heavy (non-hydrogen) atoms. The molecule has 0 N–H and O–H groups in total. The highest BCUT2D eigenvalue weighted by molar-refractivity contribution is 9.10. The van der Waals surface area contributed by atoms with E-state index in [1.807, 2.05) is 0 Å². The monoisotopic (exact) mass is 354 g/mol. The summed E-state index contributed by atoms with van der Waals surface area (Å²) in [6.07, 6.45) is 0. The second-order valence-corrected chi connectivity index (χ2v) is 5.34. The fraction of sp³-hybridized carbons (Fsp3) is 0. The summed E-state index contributed by atoms with van der Waals surface area (Å²) in [5, 5.41) is 0. The molecule has 0 atom stereocenters. The van der Waals surface area contributed by atoms with Crippen LogP contribution in [0.1, 0.15) is 0 Å². The van der Waals surface area contributed by atoms with Crippen molar-refractivity contribution < 1.29 is 22.0 Å². The van der Waals surface area contributed by atoms with Gasteiger partial charge in [-0.15, -0.1) is 0 Å². The summed E-state index contributed by atoms with van der Waals surface area (Å²) < 4.78 is 66.3. The summed E-state index contributed by atoms with van der Waals surface area (Å²) in [5.74, 6) is -9.73. The van der Waals surface area contributed by atoms with Crippen LogP contribution in [0, 0.1) is 29.1 Å². The van der Waals surface area contributed by atoms with Crippen LogP contribution in [-0.4, -0.2) is 0 Å². The van der Waals surface area contributed by atoms with Gasteiger partial charge in [0.2, 0.25) is 5.82 Å². The Bertz CT molecular complexity index is 615. The SMILES string of the molecule is Fc1c(F)c(F)c(Sc2ccccc2Br)c(F)c1F. The lowest BCUT2D eigenvalue weighted by Gasteiger charge is -2.08. The van der Waals surface area contributed by atoms with Crippen molar-refractivity contribution in [2.24, 2.45) is 0 Å². The van der Waals surface area contributed by atoms with Crippen molar-refractivity contribution in [1.29, 1.82) is 0 Å². The first-order valence-corrected chi connectivity index (χ1v) is 6.48. The molecule has 0 heterocycles. The maximum atomic E-state index is 13.5. The van der Waals surface area contributed by atoms with Gasteiger partial charge >= 0.3 is 0 Å². The average Bonchev–Trinajstić information content (AvgIpc) is 2.41. The van der Waals surface area contributed by atoms with Gasteiger partial charge in [0.1, 0.15) is 0 Å². The van der Waals surface area contributed by atoms with Gasteiger partial charge in [-0.05, 0) is 28.1 Å². The van der Waals surface area contributed by atoms with Crippen molar-refractivity contribution in [1.82, 2.24) is 0 Å². The van der Waals surface area contributed by atoms with Crippen LogP contribution >= 0.6 is 27.7 Å². The van der Waals surface area contributed by atoms with E-state index in [2.05, 4.69) is 15.9 Å². The summed E-state index contributed by atoms with van der Waals surface area (Å²) in [6, 6.07) is 6.33. The van der Waals surface area contributed by atoms with E-state index in [-0.39, 0.29) is 0 Å². The molecule has 100 valence electrons. The molecular weight excluding hydrogens is 351 g/mol. The summed E-state index contributed by atoms with van der Waals surface area (Å²) in [6.45, 7) is 0. The lowest BCUT2D eigenvalue weighted by Crippen LogP contribution is -2.03. The van der Waals surface area contributed by atoms with Gasteiger partial charge in [0.15, 0.2) is 23.3 Å². The van der Waals surface area contributed by atoms with Crippen LogP contribution in [0.15, 0.2) is 38.5 Å². The minimum Gasteiger partial charge on any atom is -0.202 e. The molecule has 0 saturated carbocycles. The lowest BCUT2D eigenvalue weighted by atomic mass is 10.3. The highest BCUT2D eigenvalue weighted by atomic mass is 79.9. The zero-order valence-electron chi connectivity index (χ0n) is 8.99. The van der Waals surface area contributed by atoms with Crippen LogP contribution < -0.4 is 0 Å². The van der Waals surface area contributed by atoms with E-state index in [0.29, 0.717) is 21.1 Å². The Hall–Kier alpha value is -1.08. The largest absolute Gasteiger partial charge is 0.202 e. The Labute approximate surface area is 117 Å². The molecule has 0 bridgehead atoms. The zero-order chi connectivity index (χ0) is 14.2. The van der Waals surface area contributed by atoms with Gasteiger partial charge < -0.3 is 0 Å². The van der Waals surface area contributed by atoms with E-state index in [1.54, 1.807) is 18.2 Å². The normalized spacial score (nSPS) is 10.8. The van der Waals surface area contributed by atoms with E-state index >= 15 is 0 Å². The fourth-order valence-corrected chi connectivity index (χ4v) is 2.73. The Morgan fingerprint density at radius 2 is 1.21 bits per heavy atom. The number of hydrogen-bond donors (Lipinski definition) is 0. The molecule has 0 aliphatic rings. The van der Waals surface area contributed by atoms with Crippen LogP contribution in [0.25, 0.3) is 0 Å². The third-order valence-corrected chi connectivity index (χ3v) is 4.31. The van der Waals surface area contributed by atoms with Crippen LogP contribution in [-0.2, 0) is 0 Å². The Morgan fingerprint density at radius 3 is 1.74 bits per heavy atom. The van der Waals surface area contributed by atoms with E-state index in [9.17, 15) is 22.0 Å². The molecule has 0 aromatic heterocycles. The molecule has 2 aromatic carbocycles. The maximum absolute atomic E-state index is 13.5. The Balaban J connectivity index is 2.56. The zero-order valence-corrected chi connectivity index (χ0v) is 11.4. The third-order valence-electron chi connectivity index (χ3n) is 2.22. The van der Waals surface area contributed by atoms with Gasteiger partial charge in [-0.1, -0.05) is 23.9 Å². The summed E-state index contributed by atoms with van der Waals surface area (Å²) in [7, 11) is 0. The second-order valence-electron chi connectivity index (χ2n) is 3.43. The first kappa shape index (κ1) is 14.3. The van der Waals surface area contributed by atoms with Crippen molar-refractivity contribution in [3.05, 3.63) is 57.8 Å². The van der Waals surface area contributed by atoms with E-state index in [4.69, 9.17) is 0 Å². The molecular formula is C12H4BrF5S. The number of rotatable bonds is 2. The predicted molar refractivity (Wildman–Crippen MR) is 64.5 cm³/mol. The highest BCUT2D eigenvalue weighted by Crippen LogP contribution is 2.38. The van der Waals surface area contributed by atoms with Crippen molar-refractivity contribution in [3.63, 3.8) is 0 Å². The molecule has 0 amide bonds. The van der Waals surface area contributed by atoms with Gasteiger partial charge in [-0.3, -0.25) is 0 Å². The fourth-order valence-electron chi connectivity index (χ4n) is 1.31. The number of hydrogen-bond acceptors (Lipinski definition) is 1. The minimum atomic E-state index is -2.16. The first-order chi connectivity index (χ1) is 8.93. The molecule has 0 fully saturated rings. The molecule has 0 radical (unpaired) electrons. The first-order valence-electron chi connectivity index (χ1n) is 4.87. The van der Waals surface area contributed by atoms with Crippen LogP contribution in [0.2, 0.25) is 0 Å². The van der Waals surface area contributed by atoms with Gasteiger partial charge in [0, 0.05) is 9.37 Å². The van der Waals surface area contributed by atoms with Crippen molar-refractivity contribution in [2.75, 3.05) is 0 Å². The second kappa shape index (κ2) is 5.50. The van der Waals surface area contributed by atoms with Gasteiger partial charge in [0.25, 0.3) is 0 Å². The minimum absolute atomic E-state index is 0.339. The molecule has 7 heteroatoms. The number of benzene rings is 2. The van der Waals surface area contributed by atoms with Crippen molar-refractivity contribution in [3.8, 4) is 0 Å². The van der Waals surface area contributed by atoms with Crippen LogP contribution in [0.4, 0.5) is 22.0 Å². The van der Waals surface area contributed by atoms with E-state index < -0.39 is 34.0 Å². The molecule has 0 spiro atoms. The van der Waals surface area contributed by atoms with Gasteiger partial charge in [-0.2, -0.15) is 0 Å². The summed E-state index contributed by atoms with van der Waals surface area (Å²) in [5.41, 5.74) is 0. The topological polar surface area (TPSA) is 0 Å². The quantitative estimate of drug-likeness (QED) is 0.400. The molecule has 0 aliphatic carbocycles. The molecule has 0 unspecified atom stereocenters. The Kier molecular flexibility index (Phi) is 4.15. The maximum Gasteiger partial charge on any atom is 0.200 e. The van der Waals surface area contributed by atoms with Crippen LogP contribution in [0.5, 0.6) is 0 Å². The average molecular weight is 355 g/mol. The smallest absolute Gasteiger partial charge is 0.200 e. The molecule has 0 saturated heterocycles. The molecule has 0 aliphatic heterocycles. The Morgan fingerprint density at radius 1 is 0.737 bits per heavy atom.